The zero-order valence-electron chi connectivity index (χ0n) is 52.8. The summed E-state index contributed by atoms with van der Waals surface area (Å²) in [5.74, 6) is 6.76. The van der Waals surface area contributed by atoms with Crippen molar-refractivity contribution in [3.63, 3.8) is 0 Å². The van der Waals surface area contributed by atoms with Crippen molar-refractivity contribution in [2.24, 2.45) is 0 Å². The second-order valence-electron chi connectivity index (χ2n) is 20.9. The molecule has 0 aliphatic carbocycles. The molecule has 486 valence electrons. The average Bonchev–Trinajstić information content (AvgIpc) is 1.81. The lowest BCUT2D eigenvalue weighted by Crippen LogP contribution is -2.13. The molecule has 12 heterocycles. The van der Waals surface area contributed by atoms with Crippen LogP contribution in [0, 0.1) is 90.0 Å². The van der Waals surface area contributed by atoms with Crippen LogP contribution in [0.3, 0.4) is 0 Å². The van der Waals surface area contributed by atoms with Gasteiger partial charge in [-0.1, -0.05) is 32.2 Å². The molecule has 4 N–H and O–H groups in total. The molecular weight excluding hydrogens is 1260 g/mol. The molecule has 0 saturated carbocycles. The van der Waals surface area contributed by atoms with E-state index in [4.69, 9.17) is 51.4 Å². The Hall–Kier alpha value is -10.8. The SMILES string of the molecule is Cc1cc(C(=O)Nc2ccn(Cc3c(C)noc3C)n2)c(C)o1.Cc1ccc(C(=O)Nc2ccn(Cc3c(C)noc3C)n2)o1.Cc1csc(C(=O)Nc2ccn(Cc3c(C)noc3C)n2)c1Cl.Cc1noc(C)c1Cn1ccc(NC(=O)c2ccoc2C)n1.O=S=O. The van der Waals surface area contributed by atoms with Gasteiger partial charge in [0, 0.05) is 71.3 Å². The van der Waals surface area contributed by atoms with E-state index in [-0.39, 0.29) is 29.4 Å². The van der Waals surface area contributed by atoms with Crippen LogP contribution in [0.4, 0.5) is 23.3 Å². The van der Waals surface area contributed by atoms with Crippen molar-refractivity contribution in [3.8, 4) is 0 Å². The first kappa shape index (κ1) is 68.1. The molecule has 93 heavy (non-hydrogen) atoms. The Morgan fingerprint density at radius 1 is 0.462 bits per heavy atom. The third-order valence-electron chi connectivity index (χ3n) is 14.0. The Morgan fingerprint density at radius 3 is 1.14 bits per heavy atom. The number of thiophene rings is 1. The summed E-state index contributed by atoms with van der Waals surface area (Å²) in [6.45, 7) is 26.1. The van der Waals surface area contributed by atoms with E-state index in [0.29, 0.717) is 93.5 Å². The molecule has 0 unspecified atom stereocenters. The highest BCUT2D eigenvalue weighted by molar-refractivity contribution is 7.51. The molecule has 0 aliphatic rings. The van der Waals surface area contributed by atoms with Crippen molar-refractivity contribution in [3.05, 3.63) is 208 Å². The maximum atomic E-state index is 12.2. The van der Waals surface area contributed by atoms with Gasteiger partial charge in [-0.25, -0.2) is 0 Å². The quantitative estimate of drug-likeness (QED) is 0.0698. The standard InChI is InChI=1S/C16H18N4O3.C15H15ClN4O2S.2C15H16N4O3.O2S/c1-9-7-13(11(3)22-9)16(21)17-15-5-6-20(18-15)8-14-10(2)19-23-12(14)4;1-8-7-23-14(13(8)16)15(21)17-12-4-5-20(18-12)6-11-9(2)19-22-10(11)3;1-9-13(11(3)22-18-9)8-19-6-4-14(17-19)16-15(20)12-5-7-21-10(12)2;1-9-4-5-13(21-9)15(20)16-14-6-7-19(17-14)8-12-10(2)18-22-11(12)3;1-3-2/h5-7H,8H2,1-4H3,(H,17,18,21);4-5,7H,6H2,1-3H3,(H,17,18,21);2*4-7H,8H2,1-3H3,(H,16,17,20);. The largest absolute Gasteiger partial charge is 0.469 e. The minimum Gasteiger partial charge on any atom is -0.469 e. The van der Waals surface area contributed by atoms with Crippen LogP contribution < -0.4 is 21.3 Å². The van der Waals surface area contributed by atoms with Gasteiger partial charge in [0.05, 0.1) is 71.4 Å². The van der Waals surface area contributed by atoms with Crippen LogP contribution in [0.5, 0.6) is 0 Å². The lowest BCUT2D eigenvalue weighted by molar-refractivity contribution is 0.0991. The zero-order valence-corrected chi connectivity index (χ0v) is 55.2. The van der Waals surface area contributed by atoms with Crippen molar-refractivity contribution in [2.75, 3.05) is 21.3 Å². The summed E-state index contributed by atoms with van der Waals surface area (Å²) in [5.41, 5.74) is 9.23. The summed E-state index contributed by atoms with van der Waals surface area (Å²) < 4.78 is 59.8. The summed E-state index contributed by atoms with van der Waals surface area (Å²) in [4.78, 5) is 49.0. The first-order chi connectivity index (χ1) is 44.4. The number of nitrogens with one attached hydrogen (secondary N) is 4. The number of carbonyl (C=O) groups excluding carboxylic acids is 4. The van der Waals surface area contributed by atoms with Gasteiger partial charge >= 0.3 is 11.6 Å². The number of aryl methyl sites for hydroxylation is 13. The summed E-state index contributed by atoms with van der Waals surface area (Å²) >= 11 is 6.68. The number of aromatic nitrogens is 12. The molecular formula is C61H65ClN16O13S2. The zero-order chi connectivity index (χ0) is 67.2. The lowest BCUT2D eigenvalue weighted by Gasteiger charge is -2.02. The highest BCUT2D eigenvalue weighted by Crippen LogP contribution is 2.28. The highest BCUT2D eigenvalue weighted by Gasteiger charge is 2.20. The predicted octanol–water partition coefficient (Wildman–Crippen LogP) is 11.5. The summed E-state index contributed by atoms with van der Waals surface area (Å²) in [5, 5.41) is 46.3. The third kappa shape index (κ3) is 17.8. The van der Waals surface area contributed by atoms with Gasteiger partial charge in [0.15, 0.2) is 29.0 Å². The second kappa shape index (κ2) is 30.8. The van der Waals surface area contributed by atoms with Crippen LogP contribution in [0.15, 0.2) is 116 Å². The molecule has 4 amide bonds. The number of carbonyl (C=O) groups is 4. The number of anilines is 4. The van der Waals surface area contributed by atoms with Crippen LogP contribution in [-0.2, 0) is 37.8 Å². The topological polar surface area (TPSA) is 365 Å². The smallest absolute Gasteiger partial charge is 0.335 e. The van der Waals surface area contributed by atoms with Crippen LogP contribution in [0.1, 0.15) is 138 Å². The number of furan rings is 3. The molecule has 32 heteroatoms. The van der Waals surface area contributed by atoms with E-state index < -0.39 is 11.6 Å². The molecule has 12 aromatic rings. The summed E-state index contributed by atoms with van der Waals surface area (Å²) in [7, 11) is 0. The first-order valence-corrected chi connectivity index (χ1v) is 30.2. The maximum Gasteiger partial charge on any atom is 0.335 e. The van der Waals surface area contributed by atoms with Crippen molar-refractivity contribution in [1.82, 2.24) is 59.7 Å². The van der Waals surface area contributed by atoms with E-state index in [2.05, 4.69) is 62.3 Å². The Labute approximate surface area is 543 Å². The van der Waals surface area contributed by atoms with Crippen molar-refractivity contribution in [1.29, 1.82) is 0 Å². The molecule has 0 saturated heterocycles. The fraction of sp³-hybridized carbons (Fsp3) is 0.279. The minimum atomic E-state index is -0.750. The third-order valence-corrected chi connectivity index (χ3v) is 15.7. The number of rotatable bonds is 16. The number of hydrogen-bond acceptors (Lipinski definition) is 22. The molecule has 0 bridgehead atoms. The fourth-order valence-corrected chi connectivity index (χ4v) is 10.1. The van der Waals surface area contributed by atoms with Crippen LogP contribution in [0.2, 0.25) is 5.02 Å². The normalized spacial score (nSPS) is 10.7. The van der Waals surface area contributed by atoms with Gasteiger partial charge in [-0.15, -0.1) is 11.3 Å². The molecule has 0 radical (unpaired) electrons. The van der Waals surface area contributed by atoms with E-state index in [1.165, 1.54) is 17.6 Å². The first-order valence-electron chi connectivity index (χ1n) is 28.3. The Balaban J connectivity index is 0.000000157. The Bertz CT molecular complexity index is 4410. The van der Waals surface area contributed by atoms with Gasteiger partial charge in [0.1, 0.15) is 51.0 Å². The molecule has 29 nitrogen and oxygen atoms in total. The van der Waals surface area contributed by atoms with E-state index >= 15 is 0 Å². The number of halogens is 1. The van der Waals surface area contributed by atoms with E-state index in [1.807, 2.05) is 74.6 Å². The molecule has 0 fully saturated rings. The van der Waals surface area contributed by atoms with E-state index in [0.717, 1.165) is 73.6 Å². The van der Waals surface area contributed by atoms with Crippen LogP contribution in [0.25, 0.3) is 0 Å². The van der Waals surface area contributed by atoms with Crippen LogP contribution >= 0.6 is 22.9 Å². The average molecular weight is 1330 g/mol. The van der Waals surface area contributed by atoms with Gasteiger partial charge in [-0.3, -0.25) is 37.9 Å². The molecule has 0 atom stereocenters. The van der Waals surface area contributed by atoms with E-state index in [1.54, 1.807) is 113 Å². The number of hydrogen-bond donors (Lipinski definition) is 4. The second-order valence-corrected chi connectivity index (χ2v) is 22.3. The number of nitrogens with zero attached hydrogens (tertiary/aromatic N) is 12. The van der Waals surface area contributed by atoms with Gasteiger partial charge in [-0.05, 0) is 125 Å². The van der Waals surface area contributed by atoms with Gasteiger partial charge in [0.25, 0.3) is 23.6 Å². The molecule has 0 aromatic carbocycles. The highest BCUT2D eigenvalue weighted by atomic mass is 35.5. The maximum absolute atomic E-state index is 12.2. The lowest BCUT2D eigenvalue weighted by atomic mass is 10.2. The summed E-state index contributed by atoms with van der Waals surface area (Å²) in [6, 6.07) is 13.7. The monoisotopic (exact) mass is 1330 g/mol. The Kier molecular flexibility index (Phi) is 22.6. The molecule has 12 rings (SSSR count). The number of amides is 4. The van der Waals surface area contributed by atoms with Crippen molar-refractivity contribution < 1.29 is 58.9 Å². The van der Waals surface area contributed by atoms with Crippen molar-refractivity contribution >= 4 is 81.4 Å². The van der Waals surface area contributed by atoms with Gasteiger partial charge in [-0.2, -0.15) is 28.8 Å². The van der Waals surface area contributed by atoms with Crippen LogP contribution in [-0.4, -0.2) is 91.8 Å². The van der Waals surface area contributed by atoms with Crippen molar-refractivity contribution in [2.45, 2.75) is 116 Å². The minimum absolute atomic E-state index is 0.234. The fourth-order valence-electron chi connectivity index (χ4n) is 8.96. The summed E-state index contributed by atoms with van der Waals surface area (Å²) in [6.07, 6.45) is 8.66. The predicted molar refractivity (Wildman–Crippen MR) is 339 cm³/mol. The molecule has 0 aliphatic heterocycles. The molecule has 12 aromatic heterocycles. The van der Waals surface area contributed by atoms with E-state index in [9.17, 15) is 19.2 Å². The van der Waals surface area contributed by atoms with Gasteiger partial charge < -0.3 is 52.6 Å². The van der Waals surface area contributed by atoms with Gasteiger partial charge in [0.2, 0.25) is 0 Å². The Morgan fingerprint density at radius 2 is 0.839 bits per heavy atom. The molecule has 0 spiro atoms.